The predicted octanol–water partition coefficient (Wildman–Crippen LogP) is 4.62. The Kier molecular flexibility index (Phi) is 4.55. The van der Waals surface area contributed by atoms with Gasteiger partial charge in [-0.3, -0.25) is 4.79 Å². The van der Waals surface area contributed by atoms with Gasteiger partial charge >= 0.3 is 0 Å². The third-order valence-electron chi connectivity index (χ3n) is 8.16. The summed E-state index contributed by atoms with van der Waals surface area (Å²) in [7, 11) is 0. The number of carbonyl (C=O) groups is 1. The van der Waals surface area contributed by atoms with Gasteiger partial charge < -0.3 is 23.8 Å². The van der Waals surface area contributed by atoms with Crippen molar-refractivity contribution in [2.45, 2.75) is 38.4 Å². The fourth-order valence-electron chi connectivity index (χ4n) is 6.14. The predicted molar refractivity (Wildman–Crippen MR) is 130 cm³/mol. The van der Waals surface area contributed by atoms with Crippen LogP contribution in [-0.2, 0) is 9.47 Å². The molecule has 0 saturated carbocycles. The van der Waals surface area contributed by atoms with E-state index < -0.39 is 5.79 Å². The van der Waals surface area contributed by atoms with Gasteiger partial charge in [0.25, 0.3) is 0 Å². The molecule has 0 unspecified atom stereocenters. The number of piperidine rings is 2. The highest BCUT2D eigenvalue weighted by Gasteiger charge is 2.41. The summed E-state index contributed by atoms with van der Waals surface area (Å²) >= 11 is 0. The van der Waals surface area contributed by atoms with Gasteiger partial charge in [0.2, 0.25) is 0 Å². The molecule has 3 fully saturated rings. The zero-order chi connectivity index (χ0) is 22.9. The van der Waals surface area contributed by atoms with E-state index in [2.05, 4.69) is 27.9 Å². The molecule has 4 heterocycles. The smallest absolute Gasteiger partial charge is 0.196 e. The Bertz CT molecular complexity index is 1270. The van der Waals surface area contributed by atoms with Crippen molar-refractivity contribution in [1.82, 2.24) is 5.16 Å². The molecule has 0 amide bonds. The molecule has 0 bridgehead atoms. The maximum absolute atomic E-state index is 13.8. The number of aromatic nitrogens is 1. The molecule has 1 spiro atoms. The van der Waals surface area contributed by atoms with Crippen molar-refractivity contribution < 1.29 is 18.8 Å². The summed E-state index contributed by atoms with van der Waals surface area (Å²) in [5.41, 5.74) is 5.13. The average Bonchev–Trinajstić information content (AvgIpc) is 3.51. The summed E-state index contributed by atoms with van der Waals surface area (Å²) in [5, 5.41) is 5.40. The normalized spacial score (nSPS) is 22.1. The van der Waals surface area contributed by atoms with Gasteiger partial charge in [0.1, 0.15) is 5.52 Å². The van der Waals surface area contributed by atoms with Gasteiger partial charge in [-0.05, 0) is 24.8 Å². The zero-order valence-corrected chi connectivity index (χ0v) is 19.5. The highest BCUT2D eigenvalue weighted by molar-refractivity contribution is 6.28. The van der Waals surface area contributed by atoms with Crippen LogP contribution in [0.25, 0.3) is 22.2 Å². The van der Waals surface area contributed by atoms with E-state index in [0.717, 1.165) is 85.3 Å². The third-order valence-corrected chi connectivity index (χ3v) is 8.16. The molecule has 2 aromatic carbocycles. The van der Waals surface area contributed by atoms with Crippen LogP contribution in [0.1, 0.15) is 48.5 Å². The first-order valence-electron chi connectivity index (χ1n) is 12.5. The van der Waals surface area contributed by atoms with Crippen molar-refractivity contribution in [3.05, 3.63) is 41.5 Å². The van der Waals surface area contributed by atoms with Crippen LogP contribution in [0.3, 0.4) is 0 Å². The number of benzene rings is 2. The Labute approximate surface area is 198 Å². The SMILES string of the molecule is CC1CCN(c2cc(N3CCC4(CC3)OCCO4)c3noc4c3c2C(=O)c2ccccc2-4)CC1. The number of hydrogen-bond donors (Lipinski definition) is 0. The molecule has 0 atom stereocenters. The van der Waals surface area contributed by atoms with Crippen LogP contribution in [-0.4, -0.2) is 56.1 Å². The van der Waals surface area contributed by atoms with Gasteiger partial charge in [-0.1, -0.05) is 36.3 Å². The Hall–Kier alpha value is -2.90. The number of ether oxygens (including phenoxy) is 2. The fourth-order valence-corrected chi connectivity index (χ4v) is 6.14. The molecule has 3 aliphatic heterocycles. The van der Waals surface area contributed by atoms with E-state index in [-0.39, 0.29) is 5.78 Å². The molecule has 0 N–H and O–H groups in total. The molecule has 7 nitrogen and oxygen atoms in total. The van der Waals surface area contributed by atoms with E-state index in [0.29, 0.717) is 30.5 Å². The van der Waals surface area contributed by atoms with Crippen LogP contribution in [0.2, 0.25) is 0 Å². The Balaban J connectivity index is 1.38. The van der Waals surface area contributed by atoms with Gasteiger partial charge in [0, 0.05) is 50.1 Å². The summed E-state index contributed by atoms with van der Waals surface area (Å²) in [5.74, 6) is 1.06. The van der Waals surface area contributed by atoms with E-state index in [9.17, 15) is 4.79 Å². The second-order valence-corrected chi connectivity index (χ2v) is 10.2. The van der Waals surface area contributed by atoms with Crippen LogP contribution in [0, 0.1) is 5.92 Å². The van der Waals surface area contributed by atoms with Gasteiger partial charge in [0.05, 0.1) is 35.5 Å². The monoisotopic (exact) mass is 459 g/mol. The quantitative estimate of drug-likeness (QED) is 0.433. The van der Waals surface area contributed by atoms with Crippen LogP contribution in [0.15, 0.2) is 34.9 Å². The minimum atomic E-state index is -0.434. The van der Waals surface area contributed by atoms with Crippen molar-refractivity contribution >= 4 is 28.1 Å². The first-order valence-corrected chi connectivity index (χ1v) is 12.5. The van der Waals surface area contributed by atoms with E-state index in [1.807, 2.05) is 24.3 Å². The summed E-state index contributed by atoms with van der Waals surface area (Å²) in [6, 6.07) is 9.93. The van der Waals surface area contributed by atoms with Crippen molar-refractivity contribution in [3.63, 3.8) is 0 Å². The zero-order valence-electron chi connectivity index (χ0n) is 19.5. The standard InChI is InChI=1S/C27H29N3O4/c1-17-6-10-29(11-7-17)20-16-21(30-12-8-27(9-13-30)32-14-15-33-27)24-23-22(20)25(31)18-4-2-3-5-19(18)26(23)34-28-24/h2-5,16-17H,6-15H2,1H3. The summed E-state index contributed by atoms with van der Waals surface area (Å²) < 4.78 is 17.9. The lowest BCUT2D eigenvalue weighted by atomic mass is 9.85. The number of anilines is 2. The van der Waals surface area contributed by atoms with E-state index in [1.54, 1.807) is 0 Å². The number of nitrogens with zero attached hydrogens (tertiary/aromatic N) is 3. The van der Waals surface area contributed by atoms with Crippen molar-refractivity contribution in [2.24, 2.45) is 5.92 Å². The van der Waals surface area contributed by atoms with Crippen molar-refractivity contribution in [2.75, 3.05) is 49.2 Å². The Morgan fingerprint density at radius 2 is 1.62 bits per heavy atom. The van der Waals surface area contributed by atoms with Crippen molar-refractivity contribution in [1.29, 1.82) is 0 Å². The van der Waals surface area contributed by atoms with E-state index in [4.69, 9.17) is 14.0 Å². The highest BCUT2D eigenvalue weighted by Crippen LogP contribution is 2.48. The number of carbonyl (C=O) groups excluding carboxylic acids is 1. The number of fused-ring (bicyclic) bond motifs is 2. The maximum atomic E-state index is 13.8. The first-order chi connectivity index (χ1) is 16.6. The molecule has 1 aromatic heterocycles. The van der Waals surface area contributed by atoms with Crippen LogP contribution in [0.4, 0.5) is 11.4 Å². The van der Waals surface area contributed by atoms with E-state index in [1.165, 1.54) is 0 Å². The summed E-state index contributed by atoms with van der Waals surface area (Å²) in [4.78, 5) is 18.6. The Morgan fingerprint density at radius 3 is 2.35 bits per heavy atom. The summed E-state index contributed by atoms with van der Waals surface area (Å²) in [6.45, 7) is 7.20. The Morgan fingerprint density at radius 1 is 0.941 bits per heavy atom. The third kappa shape index (κ3) is 2.96. The van der Waals surface area contributed by atoms with Gasteiger partial charge in [-0.25, -0.2) is 0 Å². The van der Waals surface area contributed by atoms with E-state index >= 15 is 0 Å². The minimum Gasteiger partial charge on any atom is -0.371 e. The minimum absolute atomic E-state index is 0.0711. The van der Waals surface area contributed by atoms with Gasteiger partial charge in [-0.2, -0.15) is 0 Å². The number of hydrogen-bond acceptors (Lipinski definition) is 7. The van der Waals surface area contributed by atoms with Crippen LogP contribution < -0.4 is 9.80 Å². The molecule has 34 heavy (non-hydrogen) atoms. The molecule has 4 aliphatic rings. The first kappa shape index (κ1) is 20.5. The fraction of sp³-hybridized carbons (Fsp3) is 0.481. The maximum Gasteiger partial charge on any atom is 0.196 e. The molecule has 1 aliphatic carbocycles. The lowest BCUT2D eigenvalue weighted by Crippen LogP contribution is -2.45. The van der Waals surface area contributed by atoms with Gasteiger partial charge in [0.15, 0.2) is 17.3 Å². The topological polar surface area (TPSA) is 68.0 Å². The molecule has 3 saturated heterocycles. The summed E-state index contributed by atoms with van der Waals surface area (Å²) in [6.07, 6.45) is 3.91. The molecule has 3 aromatic rings. The highest BCUT2D eigenvalue weighted by atomic mass is 16.7. The molecule has 176 valence electrons. The molecular weight excluding hydrogens is 430 g/mol. The average molecular weight is 460 g/mol. The van der Waals surface area contributed by atoms with Crippen LogP contribution >= 0.6 is 0 Å². The molecule has 7 rings (SSSR count). The molecular formula is C27H29N3O4. The second-order valence-electron chi connectivity index (χ2n) is 10.2. The van der Waals surface area contributed by atoms with Crippen LogP contribution in [0.5, 0.6) is 0 Å². The largest absolute Gasteiger partial charge is 0.371 e. The molecule has 7 heteroatoms. The lowest BCUT2D eigenvalue weighted by molar-refractivity contribution is -0.169. The van der Waals surface area contributed by atoms with Crippen molar-refractivity contribution in [3.8, 4) is 11.3 Å². The lowest BCUT2D eigenvalue weighted by Gasteiger charge is -2.40. The second kappa shape index (κ2) is 7.55. The van der Waals surface area contributed by atoms with Gasteiger partial charge in [-0.15, -0.1) is 0 Å². The number of ketones is 1. The molecule has 0 radical (unpaired) electrons. The number of rotatable bonds is 2.